The summed E-state index contributed by atoms with van der Waals surface area (Å²) in [4.78, 5) is 11.0. The highest BCUT2D eigenvalue weighted by atomic mass is 32.1. The summed E-state index contributed by atoms with van der Waals surface area (Å²) >= 11 is 1.63. The summed E-state index contributed by atoms with van der Waals surface area (Å²) < 4.78 is 0. The number of rotatable bonds is 4. The fraction of sp³-hybridized carbons (Fsp3) is 0.200. The number of thiazole rings is 1. The molecule has 3 aromatic rings. The number of hydrogen-bond donors (Lipinski definition) is 1. The fourth-order valence-corrected chi connectivity index (χ4v) is 2.87. The molecule has 2 heterocycles. The molecule has 0 aliphatic rings. The first-order chi connectivity index (χ1) is 9.74. The first-order valence-corrected chi connectivity index (χ1v) is 7.36. The number of anilines is 1. The quantitative estimate of drug-likeness (QED) is 0.748. The van der Waals surface area contributed by atoms with Crippen molar-refractivity contribution in [2.75, 3.05) is 12.8 Å². The Morgan fingerprint density at radius 3 is 2.90 bits per heavy atom. The number of hydrogen-bond acceptors (Lipinski definition) is 5. The van der Waals surface area contributed by atoms with Crippen molar-refractivity contribution < 1.29 is 0 Å². The monoisotopic (exact) mass is 284 g/mol. The molecule has 0 fully saturated rings. The molecule has 0 atom stereocenters. The van der Waals surface area contributed by atoms with Crippen molar-refractivity contribution in [1.29, 1.82) is 0 Å². The minimum absolute atomic E-state index is 0.777. The van der Waals surface area contributed by atoms with Gasteiger partial charge in [0.2, 0.25) is 0 Å². The van der Waals surface area contributed by atoms with E-state index in [4.69, 9.17) is 5.73 Å². The van der Waals surface area contributed by atoms with Gasteiger partial charge in [-0.25, -0.2) is 4.98 Å². The first kappa shape index (κ1) is 13.0. The van der Waals surface area contributed by atoms with E-state index in [0.717, 1.165) is 35.4 Å². The van der Waals surface area contributed by atoms with E-state index in [1.807, 2.05) is 29.9 Å². The minimum atomic E-state index is 0.777. The average molecular weight is 284 g/mol. The van der Waals surface area contributed by atoms with Crippen molar-refractivity contribution in [2.45, 2.75) is 13.1 Å². The summed E-state index contributed by atoms with van der Waals surface area (Å²) in [5.41, 5.74) is 11.9. The van der Waals surface area contributed by atoms with Crippen LogP contribution in [0.1, 0.15) is 11.3 Å². The van der Waals surface area contributed by atoms with E-state index in [2.05, 4.69) is 33.4 Å². The summed E-state index contributed by atoms with van der Waals surface area (Å²) in [5, 5.41) is 3.10. The zero-order valence-corrected chi connectivity index (χ0v) is 12.1. The molecule has 0 saturated heterocycles. The van der Waals surface area contributed by atoms with Gasteiger partial charge in [-0.3, -0.25) is 9.88 Å². The van der Waals surface area contributed by atoms with Gasteiger partial charge in [-0.15, -0.1) is 11.3 Å². The number of nitrogens with two attached hydrogens (primary N) is 1. The number of fused-ring (bicyclic) bond motifs is 1. The number of pyridine rings is 1. The van der Waals surface area contributed by atoms with Crippen molar-refractivity contribution in [2.24, 2.45) is 0 Å². The SMILES string of the molecule is CN(Cc1cscn1)Cc1ccc(N)c2cccnc12. The smallest absolute Gasteiger partial charge is 0.0795 e. The third-order valence-corrected chi connectivity index (χ3v) is 3.88. The van der Waals surface area contributed by atoms with Gasteiger partial charge < -0.3 is 5.73 Å². The Kier molecular flexibility index (Phi) is 3.62. The molecule has 0 saturated carbocycles. The molecule has 0 unspecified atom stereocenters. The molecule has 1 aromatic carbocycles. The van der Waals surface area contributed by atoms with Gasteiger partial charge in [0.15, 0.2) is 0 Å². The highest BCUT2D eigenvalue weighted by Crippen LogP contribution is 2.23. The van der Waals surface area contributed by atoms with E-state index in [0.29, 0.717) is 0 Å². The average Bonchev–Trinajstić information content (AvgIpc) is 2.95. The molecule has 102 valence electrons. The van der Waals surface area contributed by atoms with Crippen LogP contribution in [0.2, 0.25) is 0 Å². The van der Waals surface area contributed by atoms with Gasteiger partial charge >= 0.3 is 0 Å². The Morgan fingerprint density at radius 1 is 1.20 bits per heavy atom. The van der Waals surface area contributed by atoms with Crippen LogP contribution in [0, 0.1) is 0 Å². The Labute approximate surface area is 121 Å². The summed E-state index contributed by atoms with van der Waals surface area (Å²) in [7, 11) is 2.09. The van der Waals surface area contributed by atoms with E-state index in [-0.39, 0.29) is 0 Å². The van der Waals surface area contributed by atoms with Crippen molar-refractivity contribution in [3.8, 4) is 0 Å². The summed E-state index contributed by atoms with van der Waals surface area (Å²) in [6.45, 7) is 1.66. The predicted octanol–water partition coefficient (Wildman–Crippen LogP) is 2.91. The second-order valence-corrected chi connectivity index (χ2v) is 5.58. The lowest BCUT2D eigenvalue weighted by Gasteiger charge is -2.16. The highest BCUT2D eigenvalue weighted by Gasteiger charge is 2.08. The second-order valence-electron chi connectivity index (χ2n) is 4.87. The molecule has 0 aliphatic heterocycles. The number of nitrogens with zero attached hydrogens (tertiary/aromatic N) is 3. The topological polar surface area (TPSA) is 55.0 Å². The third kappa shape index (κ3) is 2.64. The Bertz CT molecular complexity index is 709. The van der Waals surface area contributed by atoms with Crippen molar-refractivity contribution in [3.63, 3.8) is 0 Å². The van der Waals surface area contributed by atoms with Crippen LogP contribution in [0.4, 0.5) is 5.69 Å². The molecule has 2 N–H and O–H groups in total. The van der Waals surface area contributed by atoms with Crippen LogP contribution >= 0.6 is 11.3 Å². The van der Waals surface area contributed by atoms with Gasteiger partial charge in [-0.2, -0.15) is 0 Å². The molecule has 4 nitrogen and oxygen atoms in total. The van der Waals surface area contributed by atoms with Crippen molar-refractivity contribution in [3.05, 3.63) is 52.6 Å². The summed E-state index contributed by atoms with van der Waals surface area (Å²) in [6.07, 6.45) is 1.81. The minimum Gasteiger partial charge on any atom is -0.398 e. The number of benzene rings is 1. The fourth-order valence-electron chi connectivity index (χ4n) is 2.32. The zero-order valence-electron chi connectivity index (χ0n) is 11.3. The molecule has 5 heteroatoms. The van der Waals surface area contributed by atoms with Crippen LogP contribution in [0.5, 0.6) is 0 Å². The first-order valence-electron chi connectivity index (χ1n) is 6.42. The number of aromatic nitrogens is 2. The van der Waals surface area contributed by atoms with Crippen LogP contribution in [-0.2, 0) is 13.1 Å². The van der Waals surface area contributed by atoms with E-state index in [1.165, 1.54) is 5.56 Å². The van der Waals surface area contributed by atoms with Gasteiger partial charge in [0.1, 0.15) is 0 Å². The molecule has 0 amide bonds. The van der Waals surface area contributed by atoms with Gasteiger partial charge in [0.25, 0.3) is 0 Å². The third-order valence-electron chi connectivity index (χ3n) is 3.24. The molecule has 0 aliphatic carbocycles. The molecule has 0 bridgehead atoms. The van der Waals surface area contributed by atoms with Gasteiger partial charge in [0, 0.05) is 35.7 Å². The van der Waals surface area contributed by atoms with Gasteiger partial charge in [-0.1, -0.05) is 6.07 Å². The van der Waals surface area contributed by atoms with Crippen LogP contribution in [0.15, 0.2) is 41.4 Å². The van der Waals surface area contributed by atoms with E-state index in [1.54, 1.807) is 11.3 Å². The lowest BCUT2D eigenvalue weighted by atomic mass is 10.1. The Hall–Kier alpha value is -1.98. The summed E-state index contributed by atoms with van der Waals surface area (Å²) in [6, 6.07) is 7.95. The molecular formula is C15H16N4S. The lowest BCUT2D eigenvalue weighted by Crippen LogP contribution is -2.17. The van der Waals surface area contributed by atoms with Crippen LogP contribution in [0.3, 0.4) is 0 Å². The largest absolute Gasteiger partial charge is 0.398 e. The van der Waals surface area contributed by atoms with E-state index in [9.17, 15) is 0 Å². The maximum absolute atomic E-state index is 6.00. The lowest BCUT2D eigenvalue weighted by molar-refractivity contribution is 0.317. The summed E-state index contributed by atoms with van der Waals surface area (Å²) in [5.74, 6) is 0. The standard InChI is InChI=1S/C15H16N4S/c1-19(8-12-9-20-10-18-12)7-11-4-5-14(16)13-3-2-6-17-15(11)13/h2-6,9-10H,7-8,16H2,1H3. The number of nitrogen functional groups attached to an aromatic ring is 1. The predicted molar refractivity (Wildman–Crippen MR) is 83.4 cm³/mol. The molecule has 0 radical (unpaired) electrons. The van der Waals surface area contributed by atoms with Crippen LogP contribution in [0.25, 0.3) is 10.9 Å². The zero-order chi connectivity index (χ0) is 13.9. The Morgan fingerprint density at radius 2 is 2.10 bits per heavy atom. The van der Waals surface area contributed by atoms with Gasteiger partial charge in [-0.05, 0) is 30.8 Å². The van der Waals surface area contributed by atoms with E-state index >= 15 is 0 Å². The molecule has 3 rings (SSSR count). The van der Waals surface area contributed by atoms with Crippen molar-refractivity contribution >= 4 is 27.9 Å². The normalized spacial score (nSPS) is 11.3. The van der Waals surface area contributed by atoms with E-state index < -0.39 is 0 Å². The maximum Gasteiger partial charge on any atom is 0.0795 e. The van der Waals surface area contributed by atoms with Crippen LogP contribution in [-0.4, -0.2) is 21.9 Å². The van der Waals surface area contributed by atoms with Crippen molar-refractivity contribution in [1.82, 2.24) is 14.9 Å². The maximum atomic E-state index is 6.00. The van der Waals surface area contributed by atoms with Crippen LogP contribution < -0.4 is 5.73 Å². The molecule has 20 heavy (non-hydrogen) atoms. The second kappa shape index (κ2) is 5.56. The molecule has 2 aromatic heterocycles. The molecule has 0 spiro atoms. The molecular weight excluding hydrogens is 268 g/mol. The Balaban J connectivity index is 1.85. The highest BCUT2D eigenvalue weighted by molar-refractivity contribution is 7.07. The van der Waals surface area contributed by atoms with Gasteiger partial charge in [0.05, 0.1) is 16.7 Å².